The maximum absolute atomic E-state index is 4.31. The highest BCUT2D eigenvalue weighted by Gasteiger charge is 2.02. The summed E-state index contributed by atoms with van der Waals surface area (Å²) in [6.07, 6.45) is 3.41. The molecular formula is C9H14N4. The lowest BCUT2D eigenvalue weighted by molar-refractivity contribution is 0.992. The summed E-state index contributed by atoms with van der Waals surface area (Å²) < 4.78 is 0. The Kier molecular flexibility index (Phi) is 2.84. The molecule has 0 unspecified atom stereocenters. The lowest BCUT2D eigenvalue weighted by Gasteiger charge is -2.15. The van der Waals surface area contributed by atoms with Gasteiger partial charge in [-0.3, -0.25) is 0 Å². The Bertz CT molecular complexity index is 295. The molecule has 0 aromatic carbocycles. The molecule has 0 aliphatic heterocycles. The molecule has 0 spiro atoms. The Balaban J connectivity index is 2.97. The Labute approximate surface area is 78.5 Å². The minimum Gasteiger partial charge on any atom is -0.363 e. The van der Waals surface area contributed by atoms with Crippen LogP contribution in [-0.4, -0.2) is 31.1 Å². The first-order valence-corrected chi connectivity index (χ1v) is 4.01. The normalized spacial score (nSPS) is 9.46. The average Bonchev–Trinajstić information content (AvgIpc) is 2.17. The predicted molar refractivity (Wildman–Crippen MR) is 55.0 cm³/mol. The van der Waals surface area contributed by atoms with E-state index in [2.05, 4.69) is 16.5 Å². The highest BCUT2D eigenvalue weighted by atomic mass is 15.3. The Morgan fingerprint density at radius 1 is 1.38 bits per heavy atom. The second-order valence-corrected chi connectivity index (χ2v) is 2.90. The summed E-state index contributed by atoms with van der Waals surface area (Å²) in [4.78, 5) is 12.1. The van der Waals surface area contributed by atoms with Crippen molar-refractivity contribution in [1.29, 1.82) is 0 Å². The fraction of sp³-hybridized carbons (Fsp3) is 0.333. The van der Waals surface area contributed by atoms with Gasteiger partial charge < -0.3 is 9.80 Å². The van der Waals surface area contributed by atoms with Crippen molar-refractivity contribution in [2.45, 2.75) is 0 Å². The van der Waals surface area contributed by atoms with E-state index in [1.54, 1.807) is 17.3 Å². The van der Waals surface area contributed by atoms with Gasteiger partial charge in [0.15, 0.2) is 0 Å². The third-order valence-corrected chi connectivity index (χ3v) is 1.68. The van der Waals surface area contributed by atoms with Gasteiger partial charge in [0, 0.05) is 27.3 Å². The first kappa shape index (κ1) is 9.51. The third kappa shape index (κ3) is 2.18. The van der Waals surface area contributed by atoms with E-state index in [0.717, 1.165) is 5.82 Å². The molecule has 0 amide bonds. The fourth-order valence-electron chi connectivity index (χ4n) is 0.840. The van der Waals surface area contributed by atoms with E-state index in [9.17, 15) is 0 Å². The minimum absolute atomic E-state index is 0.654. The molecule has 1 rings (SSSR count). The molecule has 0 atom stereocenters. The average molecular weight is 178 g/mol. The van der Waals surface area contributed by atoms with Gasteiger partial charge in [-0.05, 0) is 12.3 Å². The molecule has 1 aromatic rings. The lowest BCUT2D eigenvalue weighted by atomic mass is 10.5. The molecule has 0 aliphatic rings. The van der Waals surface area contributed by atoms with Crippen molar-refractivity contribution in [3.05, 3.63) is 25.0 Å². The predicted octanol–water partition coefficient (Wildman–Crippen LogP) is 1.12. The Morgan fingerprint density at radius 3 is 2.62 bits per heavy atom. The Morgan fingerprint density at radius 2 is 2.08 bits per heavy atom. The summed E-state index contributed by atoms with van der Waals surface area (Å²) in [6, 6.07) is 1.86. The van der Waals surface area contributed by atoms with Crippen LogP contribution in [0.2, 0.25) is 0 Å². The van der Waals surface area contributed by atoms with Crippen molar-refractivity contribution in [1.82, 2.24) is 9.97 Å². The van der Waals surface area contributed by atoms with E-state index in [4.69, 9.17) is 0 Å². The van der Waals surface area contributed by atoms with Crippen LogP contribution in [0.5, 0.6) is 0 Å². The number of nitrogens with zero attached hydrogens (tertiary/aromatic N) is 4. The molecular weight excluding hydrogens is 164 g/mol. The van der Waals surface area contributed by atoms with Gasteiger partial charge in [0.25, 0.3) is 0 Å². The number of aromatic nitrogens is 2. The molecule has 0 aliphatic carbocycles. The van der Waals surface area contributed by atoms with Gasteiger partial charge >= 0.3 is 0 Å². The molecule has 0 saturated carbocycles. The van der Waals surface area contributed by atoms with E-state index < -0.39 is 0 Å². The molecule has 0 saturated heterocycles. The monoisotopic (exact) mass is 178 g/mol. The summed E-state index contributed by atoms with van der Waals surface area (Å²) in [5, 5.41) is 0. The standard InChI is InChI=1S/C9H14N4/c1-5-13(4)9-10-7-6-8(11-9)12(2)3/h5-7H,1H2,2-4H3. The molecule has 13 heavy (non-hydrogen) atoms. The molecule has 0 fully saturated rings. The molecule has 0 N–H and O–H groups in total. The van der Waals surface area contributed by atoms with Gasteiger partial charge in [-0.25, -0.2) is 4.98 Å². The van der Waals surface area contributed by atoms with Crippen LogP contribution in [0.4, 0.5) is 11.8 Å². The van der Waals surface area contributed by atoms with Crippen molar-refractivity contribution in [2.24, 2.45) is 0 Å². The van der Waals surface area contributed by atoms with Crippen molar-refractivity contribution >= 4 is 11.8 Å². The van der Waals surface area contributed by atoms with Gasteiger partial charge in [-0.15, -0.1) is 0 Å². The topological polar surface area (TPSA) is 32.3 Å². The summed E-state index contributed by atoms with van der Waals surface area (Å²) in [6.45, 7) is 3.64. The fourth-order valence-corrected chi connectivity index (χ4v) is 0.840. The molecule has 0 bridgehead atoms. The van der Waals surface area contributed by atoms with E-state index in [-0.39, 0.29) is 0 Å². The zero-order chi connectivity index (χ0) is 9.84. The molecule has 1 heterocycles. The molecule has 4 nitrogen and oxygen atoms in total. The van der Waals surface area contributed by atoms with Crippen molar-refractivity contribution in [3.63, 3.8) is 0 Å². The van der Waals surface area contributed by atoms with Crippen molar-refractivity contribution in [3.8, 4) is 0 Å². The molecule has 4 heteroatoms. The van der Waals surface area contributed by atoms with Gasteiger partial charge in [0.2, 0.25) is 5.95 Å². The van der Waals surface area contributed by atoms with Crippen LogP contribution in [-0.2, 0) is 0 Å². The maximum atomic E-state index is 4.31. The zero-order valence-electron chi connectivity index (χ0n) is 8.23. The van der Waals surface area contributed by atoms with Gasteiger partial charge in [-0.2, -0.15) is 4.98 Å². The van der Waals surface area contributed by atoms with Crippen LogP contribution in [0.1, 0.15) is 0 Å². The van der Waals surface area contributed by atoms with Gasteiger partial charge in [0.05, 0.1) is 0 Å². The number of hydrogen-bond acceptors (Lipinski definition) is 4. The highest BCUT2D eigenvalue weighted by Crippen LogP contribution is 2.10. The van der Waals surface area contributed by atoms with Crippen molar-refractivity contribution < 1.29 is 0 Å². The smallest absolute Gasteiger partial charge is 0.231 e. The van der Waals surface area contributed by atoms with E-state index in [0.29, 0.717) is 5.95 Å². The number of hydrogen-bond donors (Lipinski definition) is 0. The minimum atomic E-state index is 0.654. The quantitative estimate of drug-likeness (QED) is 0.694. The summed E-state index contributed by atoms with van der Waals surface area (Å²) in [5.74, 6) is 1.54. The van der Waals surface area contributed by atoms with Gasteiger partial charge in [-0.1, -0.05) is 6.58 Å². The molecule has 70 valence electrons. The largest absolute Gasteiger partial charge is 0.363 e. The number of anilines is 2. The van der Waals surface area contributed by atoms with Crippen LogP contribution >= 0.6 is 0 Å². The van der Waals surface area contributed by atoms with E-state index in [1.807, 2.05) is 32.1 Å². The summed E-state index contributed by atoms with van der Waals surface area (Å²) in [5.41, 5.74) is 0. The second kappa shape index (κ2) is 3.89. The van der Waals surface area contributed by atoms with Crippen molar-refractivity contribution in [2.75, 3.05) is 30.9 Å². The maximum Gasteiger partial charge on any atom is 0.231 e. The van der Waals surface area contributed by atoms with Crippen LogP contribution in [0.3, 0.4) is 0 Å². The summed E-state index contributed by atoms with van der Waals surface area (Å²) >= 11 is 0. The first-order chi connectivity index (χ1) is 6.15. The Hall–Kier alpha value is -1.58. The molecule has 0 radical (unpaired) electrons. The SMILES string of the molecule is C=CN(C)c1nccc(N(C)C)n1. The van der Waals surface area contributed by atoms with Crippen LogP contribution in [0.25, 0.3) is 0 Å². The van der Waals surface area contributed by atoms with E-state index in [1.165, 1.54) is 0 Å². The van der Waals surface area contributed by atoms with Crippen LogP contribution < -0.4 is 9.80 Å². The van der Waals surface area contributed by atoms with Gasteiger partial charge in [0.1, 0.15) is 5.82 Å². The highest BCUT2D eigenvalue weighted by molar-refractivity contribution is 5.43. The second-order valence-electron chi connectivity index (χ2n) is 2.90. The zero-order valence-corrected chi connectivity index (χ0v) is 8.23. The molecule has 1 aromatic heterocycles. The van der Waals surface area contributed by atoms with Crippen LogP contribution in [0.15, 0.2) is 25.0 Å². The number of rotatable bonds is 3. The third-order valence-electron chi connectivity index (χ3n) is 1.68. The van der Waals surface area contributed by atoms with Crippen LogP contribution in [0, 0.1) is 0 Å². The van der Waals surface area contributed by atoms with E-state index >= 15 is 0 Å². The first-order valence-electron chi connectivity index (χ1n) is 4.01. The lowest BCUT2D eigenvalue weighted by Crippen LogP contribution is -2.15. The summed E-state index contributed by atoms with van der Waals surface area (Å²) in [7, 11) is 5.75.